The zero-order valence-corrected chi connectivity index (χ0v) is 7.35. The van der Waals surface area contributed by atoms with Crippen molar-refractivity contribution in [2.24, 2.45) is 0 Å². The van der Waals surface area contributed by atoms with Gasteiger partial charge in [0.2, 0.25) is 11.5 Å². The molecular formula is C6H8F2N4O3. The number of aliphatic hydroxyl groups excluding tert-OH is 1. The van der Waals surface area contributed by atoms with E-state index in [4.69, 9.17) is 10.8 Å². The Morgan fingerprint density at radius 3 is 2.73 bits per heavy atom. The summed E-state index contributed by atoms with van der Waals surface area (Å²) in [4.78, 5) is 11.1. The maximum Gasteiger partial charge on any atom is 0.277 e. The van der Waals surface area contributed by atoms with Gasteiger partial charge in [0.25, 0.3) is 12.3 Å². The van der Waals surface area contributed by atoms with E-state index in [1.165, 1.54) is 0 Å². The summed E-state index contributed by atoms with van der Waals surface area (Å²) in [6.45, 7) is -0.608. The number of alkyl halides is 2. The Labute approximate surface area is 82.2 Å². The minimum absolute atomic E-state index is 0.251. The largest absolute Gasteiger partial charge is 0.385 e. The summed E-state index contributed by atoms with van der Waals surface area (Å²) in [5.74, 6) is -1.09. The summed E-state index contributed by atoms with van der Waals surface area (Å²) in [6, 6.07) is 0. The van der Waals surface area contributed by atoms with Crippen LogP contribution in [0.3, 0.4) is 0 Å². The van der Waals surface area contributed by atoms with Crippen molar-refractivity contribution < 1.29 is 23.3 Å². The zero-order valence-electron chi connectivity index (χ0n) is 7.35. The first-order valence-electron chi connectivity index (χ1n) is 3.84. The third kappa shape index (κ3) is 2.84. The predicted molar refractivity (Wildman–Crippen MR) is 43.1 cm³/mol. The topological polar surface area (TPSA) is 114 Å². The van der Waals surface area contributed by atoms with Crippen molar-refractivity contribution in [1.82, 2.24) is 15.6 Å². The van der Waals surface area contributed by atoms with Gasteiger partial charge < -0.3 is 16.2 Å². The molecule has 1 aromatic heterocycles. The molecule has 1 amide bonds. The van der Waals surface area contributed by atoms with E-state index >= 15 is 0 Å². The normalized spacial score (nSPS) is 12.8. The lowest BCUT2D eigenvalue weighted by atomic mass is 10.3. The molecule has 0 aliphatic heterocycles. The molecule has 84 valence electrons. The second-order valence-corrected chi connectivity index (χ2v) is 2.61. The highest BCUT2D eigenvalue weighted by Crippen LogP contribution is 2.04. The van der Waals surface area contributed by atoms with Gasteiger partial charge >= 0.3 is 0 Å². The van der Waals surface area contributed by atoms with Gasteiger partial charge in [-0.15, -0.1) is 0 Å². The molecule has 1 aromatic rings. The van der Waals surface area contributed by atoms with E-state index in [0.29, 0.717) is 0 Å². The van der Waals surface area contributed by atoms with Gasteiger partial charge in [0.1, 0.15) is 6.10 Å². The highest BCUT2D eigenvalue weighted by Gasteiger charge is 2.20. The minimum atomic E-state index is -2.93. The zero-order chi connectivity index (χ0) is 11.4. The van der Waals surface area contributed by atoms with Crippen LogP contribution in [-0.4, -0.2) is 40.4 Å². The van der Waals surface area contributed by atoms with Crippen LogP contribution >= 0.6 is 0 Å². The Morgan fingerprint density at radius 2 is 2.27 bits per heavy atom. The molecule has 9 heteroatoms. The van der Waals surface area contributed by atoms with Gasteiger partial charge in [0.15, 0.2) is 0 Å². The molecule has 0 saturated heterocycles. The van der Waals surface area contributed by atoms with Gasteiger partial charge in [-0.05, 0) is 10.3 Å². The van der Waals surface area contributed by atoms with Gasteiger partial charge in [0, 0.05) is 6.54 Å². The van der Waals surface area contributed by atoms with Crippen molar-refractivity contribution in [2.75, 3.05) is 12.3 Å². The fourth-order valence-electron chi connectivity index (χ4n) is 0.723. The Balaban J connectivity index is 2.47. The van der Waals surface area contributed by atoms with Crippen LogP contribution in [-0.2, 0) is 0 Å². The third-order valence-electron chi connectivity index (χ3n) is 1.49. The number of nitrogens with one attached hydrogen (secondary N) is 1. The first-order chi connectivity index (χ1) is 7.02. The Morgan fingerprint density at radius 1 is 1.60 bits per heavy atom. The van der Waals surface area contributed by atoms with Crippen LogP contribution in [0.1, 0.15) is 10.5 Å². The number of aliphatic hydroxyl groups is 1. The van der Waals surface area contributed by atoms with E-state index in [0.717, 1.165) is 0 Å². The number of amides is 1. The van der Waals surface area contributed by atoms with Gasteiger partial charge in [-0.25, -0.2) is 13.4 Å². The Bertz CT molecular complexity index is 343. The summed E-state index contributed by atoms with van der Waals surface area (Å²) in [5, 5.41) is 16.9. The van der Waals surface area contributed by atoms with Gasteiger partial charge in [-0.2, -0.15) is 0 Å². The molecule has 0 fully saturated rings. The summed E-state index contributed by atoms with van der Waals surface area (Å²) in [5.41, 5.74) is 4.86. The number of carbonyl (C=O) groups excluding carboxylic acids is 1. The lowest BCUT2D eigenvalue weighted by molar-refractivity contribution is -0.00274. The number of nitrogens with zero attached hydrogens (tertiary/aromatic N) is 2. The van der Waals surface area contributed by atoms with Gasteiger partial charge in [-0.3, -0.25) is 4.79 Å². The highest BCUT2D eigenvalue weighted by atomic mass is 19.3. The number of rotatable bonds is 4. The molecule has 0 aliphatic carbocycles. The van der Waals surface area contributed by atoms with Gasteiger partial charge in [0.05, 0.1) is 0 Å². The van der Waals surface area contributed by atoms with Crippen LogP contribution in [0.25, 0.3) is 0 Å². The molecule has 0 spiro atoms. The minimum Gasteiger partial charge on any atom is -0.385 e. The molecule has 15 heavy (non-hydrogen) atoms. The van der Waals surface area contributed by atoms with Crippen LogP contribution in [0.5, 0.6) is 0 Å². The SMILES string of the molecule is Nc1nonc1C(=O)NCC(O)C(F)F. The van der Waals surface area contributed by atoms with E-state index in [2.05, 4.69) is 14.9 Å². The van der Waals surface area contributed by atoms with E-state index < -0.39 is 25.0 Å². The summed E-state index contributed by atoms with van der Waals surface area (Å²) in [7, 11) is 0. The average Bonchev–Trinajstić information content (AvgIpc) is 2.60. The van der Waals surface area contributed by atoms with Crippen molar-refractivity contribution in [3.8, 4) is 0 Å². The first-order valence-corrected chi connectivity index (χ1v) is 3.84. The molecule has 1 unspecified atom stereocenters. The van der Waals surface area contributed by atoms with Crippen LogP contribution in [0.15, 0.2) is 4.63 Å². The Kier molecular flexibility index (Phi) is 3.50. The van der Waals surface area contributed by atoms with Crippen molar-refractivity contribution in [2.45, 2.75) is 12.5 Å². The maximum atomic E-state index is 11.8. The van der Waals surface area contributed by atoms with Crippen molar-refractivity contribution in [3.05, 3.63) is 5.69 Å². The van der Waals surface area contributed by atoms with Crippen LogP contribution in [0.4, 0.5) is 14.6 Å². The summed E-state index contributed by atoms with van der Waals surface area (Å²) >= 11 is 0. The number of carbonyl (C=O) groups is 1. The fourth-order valence-corrected chi connectivity index (χ4v) is 0.723. The molecule has 1 atom stereocenters. The molecule has 0 bridgehead atoms. The standard InChI is InChI=1S/C6H8F2N4O3/c7-4(8)2(13)1-10-6(14)3-5(9)12-15-11-3/h2,4,13H,1H2,(H2,9,12)(H,10,14). The number of nitrogens with two attached hydrogens (primary N) is 1. The lowest BCUT2D eigenvalue weighted by Gasteiger charge is -2.09. The number of anilines is 1. The average molecular weight is 222 g/mol. The quantitative estimate of drug-likeness (QED) is 0.602. The predicted octanol–water partition coefficient (Wildman–Crippen LogP) is -0.992. The van der Waals surface area contributed by atoms with Crippen LogP contribution in [0.2, 0.25) is 0 Å². The van der Waals surface area contributed by atoms with E-state index in [1.807, 2.05) is 5.32 Å². The molecule has 0 aliphatic rings. The van der Waals surface area contributed by atoms with E-state index in [1.54, 1.807) is 0 Å². The first kappa shape index (κ1) is 11.3. The summed E-state index contributed by atoms with van der Waals surface area (Å²) < 4.78 is 27.8. The molecule has 1 heterocycles. The monoisotopic (exact) mass is 222 g/mol. The molecule has 4 N–H and O–H groups in total. The fraction of sp³-hybridized carbons (Fsp3) is 0.500. The highest BCUT2D eigenvalue weighted by molar-refractivity contribution is 5.95. The second-order valence-electron chi connectivity index (χ2n) is 2.61. The molecule has 7 nitrogen and oxygen atoms in total. The number of halogens is 2. The molecule has 0 radical (unpaired) electrons. The Hall–Kier alpha value is -1.77. The molecule has 0 aromatic carbocycles. The lowest BCUT2D eigenvalue weighted by Crippen LogP contribution is -2.36. The summed E-state index contributed by atoms with van der Waals surface area (Å²) in [6.07, 6.45) is -4.87. The maximum absolute atomic E-state index is 11.8. The van der Waals surface area contributed by atoms with Crippen LogP contribution < -0.4 is 11.1 Å². The number of nitrogen functional groups attached to an aromatic ring is 1. The molecule has 1 rings (SSSR count). The van der Waals surface area contributed by atoms with Gasteiger partial charge in [-0.1, -0.05) is 0 Å². The smallest absolute Gasteiger partial charge is 0.277 e. The van der Waals surface area contributed by atoms with Crippen molar-refractivity contribution in [3.63, 3.8) is 0 Å². The van der Waals surface area contributed by atoms with E-state index in [9.17, 15) is 13.6 Å². The number of hydrogen-bond acceptors (Lipinski definition) is 6. The van der Waals surface area contributed by atoms with E-state index in [-0.39, 0.29) is 11.5 Å². The third-order valence-corrected chi connectivity index (χ3v) is 1.49. The van der Waals surface area contributed by atoms with Crippen molar-refractivity contribution in [1.29, 1.82) is 0 Å². The number of aromatic nitrogens is 2. The molecule has 0 saturated carbocycles. The number of hydrogen-bond donors (Lipinski definition) is 3. The van der Waals surface area contributed by atoms with Crippen molar-refractivity contribution >= 4 is 11.7 Å². The van der Waals surface area contributed by atoms with Crippen LogP contribution in [0, 0.1) is 0 Å². The second kappa shape index (κ2) is 4.64. The molecular weight excluding hydrogens is 214 g/mol.